The number of aromatic carboxylic acids is 1. The van der Waals surface area contributed by atoms with Crippen LogP contribution < -0.4 is 4.74 Å². The topological polar surface area (TPSA) is 59.4 Å². The van der Waals surface area contributed by atoms with Crippen LogP contribution in [0.25, 0.3) is 11.1 Å². The van der Waals surface area contributed by atoms with Gasteiger partial charge < -0.3 is 9.84 Å². The van der Waals surface area contributed by atoms with Gasteiger partial charge in [0.25, 0.3) is 0 Å². The van der Waals surface area contributed by atoms with E-state index in [-0.39, 0.29) is 10.7 Å². The molecule has 0 bridgehead atoms. The van der Waals surface area contributed by atoms with E-state index in [0.717, 1.165) is 0 Å². The first-order chi connectivity index (χ1) is 9.02. The lowest BCUT2D eigenvalue weighted by Gasteiger charge is -2.09. The fourth-order valence-electron chi connectivity index (χ4n) is 1.60. The van der Waals surface area contributed by atoms with E-state index in [1.807, 2.05) is 0 Å². The summed E-state index contributed by atoms with van der Waals surface area (Å²) in [4.78, 5) is 14.6. The number of carboxylic acid groups (broad SMARTS) is 1. The quantitative estimate of drug-likeness (QED) is 0.938. The molecule has 19 heavy (non-hydrogen) atoms. The number of pyridine rings is 1. The van der Waals surface area contributed by atoms with Gasteiger partial charge in [-0.2, -0.15) is 0 Å². The van der Waals surface area contributed by atoms with E-state index in [9.17, 15) is 9.18 Å². The lowest BCUT2D eigenvalue weighted by Crippen LogP contribution is -2.01. The fourth-order valence-corrected chi connectivity index (χ4v) is 1.72. The summed E-state index contributed by atoms with van der Waals surface area (Å²) < 4.78 is 18.5. The predicted octanol–water partition coefficient (Wildman–Crippen LogP) is 3.25. The third-order valence-corrected chi connectivity index (χ3v) is 2.84. The first kappa shape index (κ1) is 13.3. The number of aromatic nitrogens is 1. The molecular formula is C13H9ClFNO3. The minimum absolute atomic E-state index is 0.0119. The van der Waals surface area contributed by atoms with E-state index in [4.69, 9.17) is 21.4 Å². The Morgan fingerprint density at radius 2 is 2.16 bits per heavy atom. The Hall–Kier alpha value is -2.14. The Labute approximate surface area is 113 Å². The second kappa shape index (κ2) is 5.24. The third-order valence-electron chi connectivity index (χ3n) is 2.54. The molecule has 1 aromatic heterocycles. The zero-order chi connectivity index (χ0) is 14.0. The summed E-state index contributed by atoms with van der Waals surface area (Å²) in [5.41, 5.74) is 0.848. The average molecular weight is 282 g/mol. The van der Waals surface area contributed by atoms with Crippen LogP contribution in [0.1, 0.15) is 10.5 Å². The predicted molar refractivity (Wildman–Crippen MR) is 68.2 cm³/mol. The van der Waals surface area contributed by atoms with Gasteiger partial charge in [-0.05, 0) is 17.7 Å². The minimum atomic E-state index is -1.16. The standard InChI is InChI=1S/C13H9ClFNO3/c1-19-12-5-11(13(17)18)16-6-8(12)7-2-3-9(14)10(15)4-7/h2-6H,1H3,(H,17,18). The summed E-state index contributed by atoms with van der Waals surface area (Å²) in [5, 5.41) is 8.86. The van der Waals surface area contributed by atoms with Gasteiger partial charge in [-0.3, -0.25) is 0 Å². The monoisotopic (exact) mass is 281 g/mol. The van der Waals surface area contributed by atoms with Crippen molar-refractivity contribution in [1.82, 2.24) is 4.98 Å². The van der Waals surface area contributed by atoms with Crippen LogP contribution in [0.15, 0.2) is 30.5 Å². The minimum Gasteiger partial charge on any atom is -0.496 e. The molecule has 0 unspecified atom stereocenters. The van der Waals surface area contributed by atoms with Gasteiger partial charge in [-0.25, -0.2) is 14.2 Å². The van der Waals surface area contributed by atoms with Crippen LogP contribution in [-0.4, -0.2) is 23.2 Å². The van der Waals surface area contributed by atoms with Crippen molar-refractivity contribution in [1.29, 1.82) is 0 Å². The molecule has 0 fully saturated rings. The first-order valence-electron chi connectivity index (χ1n) is 5.25. The molecule has 4 nitrogen and oxygen atoms in total. The SMILES string of the molecule is COc1cc(C(=O)O)ncc1-c1ccc(Cl)c(F)c1. The first-order valence-corrected chi connectivity index (χ1v) is 5.63. The van der Waals surface area contributed by atoms with E-state index in [1.165, 1.54) is 31.5 Å². The van der Waals surface area contributed by atoms with Gasteiger partial charge in [0.15, 0.2) is 5.69 Å². The number of carboxylic acids is 1. The molecule has 0 saturated heterocycles. The number of nitrogens with zero attached hydrogens (tertiary/aromatic N) is 1. The highest BCUT2D eigenvalue weighted by atomic mass is 35.5. The van der Waals surface area contributed by atoms with Crippen molar-refractivity contribution in [2.24, 2.45) is 0 Å². The number of carbonyl (C=O) groups is 1. The van der Waals surface area contributed by atoms with Crippen LogP contribution in [0.3, 0.4) is 0 Å². The highest BCUT2D eigenvalue weighted by molar-refractivity contribution is 6.30. The van der Waals surface area contributed by atoms with E-state index in [0.29, 0.717) is 16.9 Å². The molecule has 0 spiro atoms. The number of ether oxygens (including phenoxy) is 1. The largest absolute Gasteiger partial charge is 0.496 e. The van der Waals surface area contributed by atoms with Crippen molar-refractivity contribution in [2.45, 2.75) is 0 Å². The Balaban J connectivity index is 2.55. The van der Waals surface area contributed by atoms with Gasteiger partial charge in [0.1, 0.15) is 11.6 Å². The summed E-state index contributed by atoms with van der Waals surface area (Å²) in [5.74, 6) is -1.43. The van der Waals surface area contributed by atoms with Crippen LogP contribution in [0.4, 0.5) is 4.39 Å². The Bertz CT molecular complexity index is 646. The molecule has 0 aliphatic carbocycles. The van der Waals surface area contributed by atoms with Gasteiger partial charge in [0, 0.05) is 17.8 Å². The molecule has 2 aromatic rings. The summed E-state index contributed by atoms with van der Waals surface area (Å²) in [6, 6.07) is 5.54. The lowest BCUT2D eigenvalue weighted by atomic mass is 10.1. The molecule has 1 N–H and O–H groups in total. The van der Waals surface area contributed by atoms with Crippen molar-refractivity contribution >= 4 is 17.6 Å². The lowest BCUT2D eigenvalue weighted by molar-refractivity contribution is 0.0690. The van der Waals surface area contributed by atoms with Crippen molar-refractivity contribution in [3.8, 4) is 16.9 Å². The van der Waals surface area contributed by atoms with Gasteiger partial charge in [0.05, 0.1) is 12.1 Å². The second-order valence-electron chi connectivity index (χ2n) is 3.70. The summed E-state index contributed by atoms with van der Waals surface area (Å²) >= 11 is 5.61. The molecule has 0 amide bonds. The molecule has 0 saturated carbocycles. The summed E-state index contributed by atoms with van der Waals surface area (Å²) in [6.45, 7) is 0. The Morgan fingerprint density at radius 3 is 2.74 bits per heavy atom. The normalized spacial score (nSPS) is 10.3. The molecule has 0 radical (unpaired) electrons. The number of benzene rings is 1. The molecule has 0 aliphatic rings. The van der Waals surface area contributed by atoms with Crippen molar-refractivity contribution in [3.05, 3.63) is 47.0 Å². The zero-order valence-corrected chi connectivity index (χ0v) is 10.6. The second-order valence-corrected chi connectivity index (χ2v) is 4.11. The van der Waals surface area contributed by atoms with Crippen molar-refractivity contribution < 1.29 is 19.0 Å². The van der Waals surface area contributed by atoms with Crippen molar-refractivity contribution in [2.75, 3.05) is 7.11 Å². The number of hydrogen-bond donors (Lipinski definition) is 1. The average Bonchev–Trinajstić information content (AvgIpc) is 2.41. The highest BCUT2D eigenvalue weighted by Crippen LogP contribution is 2.31. The Morgan fingerprint density at radius 1 is 1.42 bits per heavy atom. The number of rotatable bonds is 3. The van der Waals surface area contributed by atoms with Gasteiger partial charge in [-0.15, -0.1) is 0 Å². The molecule has 2 rings (SSSR count). The van der Waals surface area contributed by atoms with Gasteiger partial charge >= 0.3 is 5.97 Å². The molecule has 6 heteroatoms. The van der Waals surface area contributed by atoms with Crippen LogP contribution in [-0.2, 0) is 0 Å². The maximum Gasteiger partial charge on any atom is 0.354 e. The molecular weight excluding hydrogens is 273 g/mol. The molecule has 1 heterocycles. The maximum absolute atomic E-state index is 13.4. The Kier molecular flexibility index (Phi) is 3.66. The maximum atomic E-state index is 13.4. The van der Waals surface area contributed by atoms with Gasteiger partial charge in [0.2, 0.25) is 0 Å². The van der Waals surface area contributed by atoms with Crippen LogP contribution in [0.2, 0.25) is 5.02 Å². The molecule has 0 aliphatic heterocycles. The van der Waals surface area contributed by atoms with Crippen molar-refractivity contribution in [3.63, 3.8) is 0 Å². The molecule has 98 valence electrons. The van der Waals surface area contributed by atoms with Crippen LogP contribution in [0.5, 0.6) is 5.75 Å². The van der Waals surface area contributed by atoms with E-state index >= 15 is 0 Å². The zero-order valence-electron chi connectivity index (χ0n) is 9.85. The number of halogens is 2. The smallest absolute Gasteiger partial charge is 0.354 e. The number of methoxy groups -OCH3 is 1. The summed E-state index contributed by atoms with van der Waals surface area (Å²) in [7, 11) is 1.40. The van der Waals surface area contributed by atoms with E-state index in [2.05, 4.69) is 4.98 Å². The number of hydrogen-bond acceptors (Lipinski definition) is 3. The van der Waals surface area contributed by atoms with Crippen LogP contribution >= 0.6 is 11.6 Å². The molecule has 0 atom stereocenters. The highest BCUT2D eigenvalue weighted by Gasteiger charge is 2.13. The molecule has 1 aromatic carbocycles. The van der Waals surface area contributed by atoms with E-state index < -0.39 is 11.8 Å². The fraction of sp³-hybridized carbons (Fsp3) is 0.0769. The van der Waals surface area contributed by atoms with E-state index in [1.54, 1.807) is 6.07 Å². The van der Waals surface area contributed by atoms with Gasteiger partial charge in [-0.1, -0.05) is 17.7 Å². The third kappa shape index (κ3) is 2.66. The summed E-state index contributed by atoms with van der Waals surface area (Å²) in [6.07, 6.45) is 1.32. The van der Waals surface area contributed by atoms with Crippen LogP contribution in [0, 0.1) is 5.82 Å².